The predicted octanol–water partition coefficient (Wildman–Crippen LogP) is 2.34. The fraction of sp³-hybridized carbons (Fsp3) is 0.583. The minimum Gasteiger partial charge on any atom is -0.480 e. The Labute approximate surface area is 194 Å². The van der Waals surface area contributed by atoms with Crippen LogP contribution in [0.5, 0.6) is 0 Å². The molecule has 1 aromatic carbocycles. The number of ether oxygens (including phenoxy) is 1. The first-order valence-electron chi connectivity index (χ1n) is 11.3. The van der Waals surface area contributed by atoms with Gasteiger partial charge in [-0.3, -0.25) is 9.59 Å². The number of hydrogen-bond donors (Lipinski definition) is 3. The fourth-order valence-corrected chi connectivity index (χ4v) is 3.74. The summed E-state index contributed by atoms with van der Waals surface area (Å²) in [7, 11) is 0. The fourth-order valence-electron chi connectivity index (χ4n) is 3.74. The van der Waals surface area contributed by atoms with Gasteiger partial charge in [0.1, 0.15) is 23.7 Å². The molecule has 1 aromatic rings. The number of aliphatic carboxylic acids is 1. The molecular formula is C24H35N3O6. The lowest BCUT2D eigenvalue weighted by molar-refractivity contribution is -0.150. The van der Waals surface area contributed by atoms with Crippen molar-refractivity contribution in [1.29, 1.82) is 0 Å². The Hall–Kier alpha value is -3.10. The highest BCUT2D eigenvalue weighted by atomic mass is 16.6. The molecule has 0 aromatic heterocycles. The third-order valence-corrected chi connectivity index (χ3v) is 5.34. The van der Waals surface area contributed by atoms with Gasteiger partial charge < -0.3 is 25.4 Å². The summed E-state index contributed by atoms with van der Waals surface area (Å²) in [5, 5.41) is 14.8. The largest absolute Gasteiger partial charge is 0.480 e. The first kappa shape index (κ1) is 26.2. The Morgan fingerprint density at radius 3 is 2.30 bits per heavy atom. The minimum absolute atomic E-state index is 0.201. The summed E-state index contributed by atoms with van der Waals surface area (Å²) in [5.41, 5.74) is 0.0854. The molecule has 9 heteroatoms. The van der Waals surface area contributed by atoms with Gasteiger partial charge in [0.25, 0.3) is 0 Å². The topological polar surface area (TPSA) is 125 Å². The van der Waals surface area contributed by atoms with Gasteiger partial charge in [0.15, 0.2) is 0 Å². The Balaban J connectivity index is 2.20. The lowest BCUT2D eigenvalue weighted by atomic mass is 10.00. The molecule has 3 N–H and O–H groups in total. The molecule has 1 aliphatic heterocycles. The molecule has 0 aliphatic carbocycles. The second kappa shape index (κ2) is 11.2. The van der Waals surface area contributed by atoms with E-state index in [1.54, 1.807) is 34.6 Å². The number of carboxylic acids is 1. The number of alkyl carbamates (subject to hydrolysis) is 1. The van der Waals surface area contributed by atoms with Gasteiger partial charge in [0.05, 0.1) is 0 Å². The number of nitrogens with zero attached hydrogens (tertiary/aromatic N) is 1. The number of carbonyl (C=O) groups is 4. The van der Waals surface area contributed by atoms with Crippen LogP contribution in [0.1, 0.15) is 53.0 Å². The highest BCUT2D eigenvalue weighted by molar-refractivity contribution is 5.93. The Kier molecular flexibility index (Phi) is 8.84. The van der Waals surface area contributed by atoms with Crippen molar-refractivity contribution in [3.05, 3.63) is 35.9 Å². The van der Waals surface area contributed by atoms with Crippen LogP contribution in [0.3, 0.4) is 0 Å². The van der Waals surface area contributed by atoms with E-state index in [4.69, 9.17) is 4.74 Å². The van der Waals surface area contributed by atoms with Gasteiger partial charge in [0, 0.05) is 13.0 Å². The number of likely N-dealkylation sites (tertiary alicyclic amines) is 1. The van der Waals surface area contributed by atoms with Gasteiger partial charge in [-0.15, -0.1) is 0 Å². The molecule has 1 fully saturated rings. The zero-order valence-electron chi connectivity index (χ0n) is 20.0. The number of rotatable bonds is 8. The van der Waals surface area contributed by atoms with Crippen LogP contribution in [0.4, 0.5) is 4.79 Å². The lowest BCUT2D eigenvalue weighted by Crippen LogP contribution is -2.58. The molecule has 0 radical (unpaired) electrons. The average Bonchev–Trinajstić information content (AvgIpc) is 3.20. The van der Waals surface area contributed by atoms with E-state index in [0.29, 0.717) is 19.4 Å². The van der Waals surface area contributed by atoms with Gasteiger partial charge in [-0.05, 0) is 45.1 Å². The summed E-state index contributed by atoms with van der Waals surface area (Å²) in [6, 6.07) is 6.39. The summed E-state index contributed by atoms with van der Waals surface area (Å²) >= 11 is 0. The third kappa shape index (κ3) is 7.76. The van der Waals surface area contributed by atoms with Crippen molar-refractivity contribution in [1.82, 2.24) is 15.5 Å². The summed E-state index contributed by atoms with van der Waals surface area (Å²) in [5.74, 6) is -2.31. The van der Waals surface area contributed by atoms with E-state index >= 15 is 0 Å². The number of carboxylic acid groups (broad SMARTS) is 1. The molecular weight excluding hydrogens is 426 g/mol. The summed E-state index contributed by atoms with van der Waals surface area (Å²) in [6.07, 6.45) is 0.443. The SMILES string of the molecule is CC(C)C(NC(=O)C(Cc1ccccc1)NC(=O)OC(C)(C)C)C(=O)N1CCCC1C(=O)O. The Morgan fingerprint density at radius 1 is 1.12 bits per heavy atom. The number of amides is 3. The van der Waals surface area contributed by atoms with Gasteiger partial charge in [-0.2, -0.15) is 0 Å². The van der Waals surface area contributed by atoms with E-state index in [1.165, 1.54) is 4.90 Å². The van der Waals surface area contributed by atoms with E-state index in [2.05, 4.69) is 10.6 Å². The van der Waals surface area contributed by atoms with Crippen LogP contribution in [-0.2, 0) is 25.5 Å². The summed E-state index contributed by atoms with van der Waals surface area (Å²) in [4.78, 5) is 51.6. The van der Waals surface area contributed by atoms with Crippen LogP contribution >= 0.6 is 0 Å². The molecule has 1 heterocycles. The molecule has 3 atom stereocenters. The van der Waals surface area contributed by atoms with E-state index in [-0.39, 0.29) is 12.3 Å². The zero-order valence-corrected chi connectivity index (χ0v) is 20.0. The van der Waals surface area contributed by atoms with Gasteiger partial charge in [-0.25, -0.2) is 9.59 Å². The van der Waals surface area contributed by atoms with E-state index in [0.717, 1.165) is 5.56 Å². The molecule has 1 aliphatic rings. The second-order valence-electron chi connectivity index (χ2n) is 9.65. The van der Waals surface area contributed by atoms with Gasteiger partial charge in [0.2, 0.25) is 11.8 Å². The zero-order chi connectivity index (χ0) is 24.8. The first-order valence-corrected chi connectivity index (χ1v) is 11.3. The maximum atomic E-state index is 13.2. The monoisotopic (exact) mass is 461 g/mol. The molecule has 9 nitrogen and oxygen atoms in total. The molecule has 0 bridgehead atoms. The standard InChI is InChI=1S/C24H35N3O6/c1-15(2)19(21(29)27-13-9-12-18(27)22(30)31)26-20(28)17(14-16-10-7-6-8-11-16)25-23(32)33-24(3,4)5/h6-8,10-11,15,17-19H,9,12-14H2,1-5H3,(H,25,32)(H,26,28)(H,30,31). The van der Waals surface area contributed by atoms with Crippen molar-refractivity contribution in [3.8, 4) is 0 Å². The lowest BCUT2D eigenvalue weighted by Gasteiger charge is -2.31. The maximum absolute atomic E-state index is 13.2. The van der Waals surface area contributed by atoms with Gasteiger partial charge in [-0.1, -0.05) is 44.2 Å². The summed E-state index contributed by atoms with van der Waals surface area (Å²) < 4.78 is 5.31. The predicted molar refractivity (Wildman–Crippen MR) is 122 cm³/mol. The van der Waals surface area contributed by atoms with Crippen LogP contribution in [0.15, 0.2) is 30.3 Å². The van der Waals surface area contributed by atoms with Gasteiger partial charge >= 0.3 is 12.1 Å². The summed E-state index contributed by atoms with van der Waals surface area (Å²) in [6.45, 7) is 9.06. The van der Waals surface area contributed by atoms with Crippen LogP contribution in [-0.4, -0.2) is 64.2 Å². The molecule has 3 amide bonds. The number of hydrogen-bond acceptors (Lipinski definition) is 5. The quantitative estimate of drug-likeness (QED) is 0.546. The Morgan fingerprint density at radius 2 is 1.76 bits per heavy atom. The van der Waals surface area contributed by atoms with Crippen molar-refractivity contribution < 1.29 is 29.0 Å². The van der Waals surface area contributed by atoms with Crippen molar-refractivity contribution in [2.75, 3.05) is 6.54 Å². The molecule has 0 saturated carbocycles. The molecule has 33 heavy (non-hydrogen) atoms. The van der Waals surface area contributed by atoms with E-state index < -0.39 is 47.6 Å². The normalized spacial score (nSPS) is 17.9. The Bertz CT molecular complexity index is 850. The van der Waals surface area contributed by atoms with E-state index in [1.807, 2.05) is 30.3 Å². The molecule has 2 rings (SSSR count). The average molecular weight is 462 g/mol. The van der Waals surface area contributed by atoms with Crippen LogP contribution in [0, 0.1) is 5.92 Å². The highest BCUT2D eigenvalue weighted by Gasteiger charge is 2.39. The van der Waals surface area contributed by atoms with Crippen LogP contribution < -0.4 is 10.6 Å². The van der Waals surface area contributed by atoms with Crippen LogP contribution in [0.2, 0.25) is 0 Å². The van der Waals surface area contributed by atoms with E-state index in [9.17, 15) is 24.3 Å². The van der Waals surface area contributed by atoms with Crippen molar-refractivity contribution in [2.45, 2.75) is 77.6 Å². The smallest absolute Gasteiger partial charge is 0.408 e. The minimum atomic E-state index is -1.05. The van der Waals surface area contributed by atoms with Crippen LogP contribution in [0.25, 0.3) is 0 Å². The number of benzene rings is 1. The molecule has 0 spiro atoms. The molecule has 3 unspecified atom stereocenters. The number of nitrogens with one attached hydrogen (secondary N) is 2. The third-order valence-electron chi connectivity index (χ3n) is 5.34. The van der Waals surface area contributed by atoms with Crippen molar-refractivity contribution in [3.63, 3.8) is 0 Å². The second-order valence-corrected chi connectivity index (χ2v) is 9.65. The van der Waals surface area contributed by atoms with Crippen molar-refractivity contribution in [2.24, 2.45) is 5.92 Å². The van der Waals surface area contributed by atoms with Crippen molar-refractivity contribution >= 4 is 23.9 Å². The molecule has 182 valence electrons. The first-order chi connectivity index (χ1) is 15.4. The highest BCUT2D eigenvalue weighted by Crippen LogP contribution is 2.20. The molecule has 1 saturated heterocycles. The number of carbonyl (C=O) groups excluding carboxylic acids is 3. The maximum Gasteiger partial charge on any atom is 0.408 e.